The molecule has 0 fully saturated rings. The molecule has 2 aromatic rings. The van der Waals surface area contributed by atoms with Crippen molar-refractivity contribution >= 4 is 22.2 Å². The molecule has 0 aliphatic heterocycles. The lowest BCUT2D eigenvalue weighted by Crippen LogP contribution is -2.02. The van der Waals surface area contributed by atoms with Crippen molar-refractivity contribution in [1.29, 1.82) is 0 Å². The van der Waals surface area contributed by atoms with Gasteiger partial charge in [0.1, 0.15) is 6.61 Å². The number of carbonyl (C=O) groups is 1. The van der Waals surface area contributed by atoms with Crippen LogP contribution in [0.1, 0.15) is 28.4 Å². The number of rotatable bonds is 6. The first-order chi connectivity index (χ1) is 10.2. The maximum Gasteiger partial charge on any atom is 0.162 e. The molecule has 0 saturated carbocycles. The molecule has 0 aliphatic carbocycles. The Hall–Kier alpha value is -1.81. The van der Waals surface area contributed by atoms with Crippen molar-refractivity contribution in [3.63, 3.8) is 0 Å². The first kappa shape index (κ1) is 15.6. The molecule has 21 heavy (non-hydrogen) atoms. The van der Waals surface area contributed by atoms with Gasteiger partial charge in [-0.2, -0.15) is 0 Å². The van der Waals surface area contributed by atoms with Crippen molar-refractivity contribution in [2.24, 2.45) is 0 Å². The molecule has 0 amide bonds. The molecule has 3 nitrogen and oxygen atoms in total. The monoisotopic (exact) mass is 348 g/mol. The van der Waals surface area contributed by atoms with Crippen LogP contribution in [-0.2, 0) is 6.61 Å². The number of hydrogen-bond donors (Lipinski definition) is 0. The summed E-state index contributed by atoms with van der Waals surface area (Å²) in [4.78, 5) is 11.0. The molecule has 0 N–H and O–H groups in total. The summed E-state index contributed by atoms with van der Waals surface area (Å²) in [6.45, 7) is 4.92. The van der Waals surface area contributed by atoms with Crippen molar-refractivity contribution < 1.29 is 14.3 Å². The molecule has 0 heterocycles. The number of aldehydes is 1. The Morgan fingerprint density at radius 1 is 1.14 bits per heavy atom. The molecule has 0 saturated heterocycles. The van der Waals surface area contributed by atoms with E-state index in [1.165, 1.54) is 5.56 Å². The zero-order valence-corrected chi connectivity index (χ0v) is 13.6. The van der Waals surface area contributed by atoms with E-state index in [0.29, 0.717) is 34.7 Å². The van der Waals surface area contributed by atoms with Crippen molar-refractivity contribution in [2.45, 2.75) is 20.5 Å². The van der Waals surface area contributed by atoms with E-state index in [2.05, 4.69) is 15.9 Å². The fourth-order valence-corrected chi connectivity index (χ4v) is 2.37. The van der Waals surface area contributed by atoms with Crippen LogP contribution in [0.3, 0.4) is 0 Å². The van der Waals surface area contributed by atoms with E-state index in [4.69, 9.17) is 9.47 Å². The minimum absolute atomic E-state index is 0.458. The van der Waals surface area contributed by atoms with Crippen LogP contribution in [0.25, 0.3) is 0 Å². The number of ether oxygens (including phenoxy) is 2. The number of aryl methyl sites for hydroxylation is 1. The highest BCUT2D eigenvalue weighted by Crippen LogP contribution is 2.33. The highest BCUT2D eigenvalue weighted by Gasteiger charge is 2.11. The summed E-state index contributed by atoms with van der Waals surface area (Å²) in [6, 6.07) is 11.5. The van der Waals surface area contributed by atoms with Crippen LogP contribution in [0.5, 0.6) is 11.5 Å². The average Bonchev–Trinajstić information content (AvgIpc) is 2.48. The predicted octanol–water partition coefficient (Wildman–Crippen LogP) is 4.55. The van der Waals surface area contributed by atoms with Gasteiger partial charge in [-0.05, 0) is 53.0 Å². The van der Waals surface area contributed by atoms with E-state index in [0.717, 1.165) is 11.8 Å². The second kappa shape index (κ2) is 7.27. The van der Waals surface area contributed by atoms with Gasteiger partial charge >= 0.3 is 0 Å². The molecule has 2 rings (SSSR count). The van der Waals surface area contributed by atoms with Crippen molar-refractivity contribution in [3.05, 3.63) is 57.6 Å². The van der Waals surface area contributed by atoms with Gasteiger partial charge in [-0.1, -0.05) is 24.3 Å². The molecule has 4 heteroatoms. The summed E-state index contributed by atoms with van der Waals surface area (Å²) in [5, 5.41) is 0. The summed E-state index contributed by atoms with van der Waals surface area (Å²) in [5.41, 5.74) is 2.84. The Bertz CT molecular complexity index is 638. The van der Waals surface area contributed by atoms with Crippen LogP contribution >= 0.6 is 15.9 Å². The highest BCUT2D eigenvalue weighted by atomic mass is 79.9. The third-order valence-electron chi connectivity index (χ3n) is 3.13. The third kappa shape index (κ3) is 3.85. The number of carbonyl (C=O) groups excluding carboxylic acids is 1. The zero-order valence-electron chi connectivity index (χ0n) is 12.1. The number of halogens is 1. The van der Waals surface area contributed by atoms with Crippen molar-refractivity contribution in [1.82, 2.24) is 0 Å². The lowest BCUT2D eigenvalue weighted by atomic mass is 10.1. The molecule has 0 unspecified atom stereocenters. The van der Waals surface area contributed by atoms with Crippen molar-refractivity contribution in [2.75, 3.05) is 6.61 Å². The number of hydrogen-bond acceptors (Lipinski definition) is 3. The van der Waals surface area contributed by atoms with Crippen LogP contribution in [0.15, 0.2) is 40.9 Å². The van der Waals surface area contributed by atoms with Crippen LogP contribution in [0.4, 0.5) is 0 Å². The third-order valence-corrected chi connectivity index (χ3v) is 3.82. The predicted molar refractivity (Wildman–Crippen MR) is 86.2 cm³/mol. The van der Waals surface area contributed by atoms with E-state index in [1.807, 2.05) is 38.1 Å². The molecule has 0 aromatic heterocycles. The SMILES string of the molecule is CCOc1cc(C=O)c(Br)cc1OCc1ccccc1C. The Labute approximate surface area is 133 Å². The smallest absolute Gasteiger partial charge is 0.162 e. The quantitative estimate of drug-likeness (QED) is 0.718. The van der Waals surface area contributed by atoms with Crippen LogP contribution < -0.4 is 9.47 Å². The Morgan fingerprint density at radius 3 is 2.52 bits per heavy atom. The first-order valence-electron chi connectivity index (χ1n) is 6.74. The van der Waals surface area contributed by atoms with Gasteiger partial charge in [-0.25, -0.2) is 0 Å². The van der Waals surface area contributed by atoms with Gasteiger partial charge in [0.2, 0.25) is 0 Å². The topological polar surface area (TPSA) is 35.5 Å². The summed E-state index contributed by atoms with van der Waals surface area (Å²) in [6.07, 6.45) is 0.789. The molecule has 2 aromatic carbocycles. The Morgan fingerprint density at radius 2 is 1.86 bits per heavy atom. The van der Waals surface area contributed by atoms with Crippen LogP contribution in [-0.4, -0.2) is 12.9 Å². The maximum atomic E-state index is 11.0. The fourth-order valence-electron chi connectivity index (χ4n) is 1.95. The molecule has 0 spiro atoms. The number of benzene rings is 2. The second-order valence-corrected chi connectivity index (χ2v) is 5.44. The summed E-state index contributed by atoms with van der Waals surface area (Å²) < 4.78 is 12.1. The lowest BCUT2D eigenvalue weighted by Gasteiger charge is -2.14. The van der Waals surface area contributed by atoms with E-state index < -0.39 is 0 Å². The molecule has 0 atom stereocenters. The van der Waals surface area contributed by atoms with Crippen LogP contribution in [0, 0.1) is 6.92 Å². The summed E-state index contributed by atoms with van der Waals surface area (Å²) in [7, 11) is 0. The molecule has 0 bridgehead atoms. The van der Waals surface area contributed by atoms with Crippen LogP contribution in [0.2, 0.25) is 0 Å². The second-order valence-electron chi connectivity index (χ2n) is 4.59. The largest absolute Gasteiger partial charge is 0.490 e. The first-order valence-corrected chi connectivity index (χ1v) is 7.53. The van der Waals surface area contributed by atoms with Gasteiger partial charge in [0, 0.05) is 10.0 Å². The van der Waals surface area contributed by atoms with E-state index in [1.54, 1.807) is 12.1 Å². The fraction of sp³-hybridized carbons (Fsp3) is 0.235. The van der Waals surface area contributed by atoms with Gasteiger partial charge in [0.05, 0.1) is 6.61 Å². The molecular weight excluding hydrogens is 332 g/mol. The zero-order chi connectivity index (χ0) is 15.2. The average molecular weight is 349 g/mol. The minimum Gasteiger partial charge on any atom is -0.490 e. The van der Waals surface area contributed by atoms with Crippen molar-refractivity contribution in [3.8, 4) is 11.5 Å². The van der Waals surface area contributed by atoms with Gasteiger partial charge in [0.25, 0.3) is 0 Å². The lowest BCUT2D eigenvalue weighted by molar-refractivity contribution is 0.112. The Balaban J connectivity index is 2.24. The van der Waals surface area contributed by atoms with Gasteiger partial charge < -0.3 is 9.47 Å². The minimum atomic E-state index is 0.458. The summed E-state index contributed by atoms with van der Waals surface area (Å²) in [5.74, 6) is 1.20. The van der Waals surface area contributed by atoms with Gasteiger partial charge in [0.15, 0.2) is 17.8 Å². The normalized spacial score (nSPS) is 10.2. The highest BCUT2D eigenvalue weighted by molar-refractivity contribution is 9.10. The summed E-state index contributed by atoms with van der Waals surface area (Å²) >= 11 is 3.37. The molecular formula is C17H17BrO3. The molecule has 110 valence electrons. The molecule has 0 aliphatic rings. The van der Waals surface area contributed by atoms with Gasteiger partial charge in [-0.3, -0.25) is 4.79 Å². The van der Waals surface area contributed by atoms with E-state index in [9.17, 15) is 4.79 Å². The Kier molecular flexibility index (Phi) is 5.39. The maximum absolute atomic E-state index is 11.0. The van der Waals surface area contributed by atoms with E-state index in [-0.39, 0.29) is 0 Å². The standard InChI is InChI=1S/C17H17BrO3/c1-3-20-16-8-14(10-19)15(18)9-17(16)21-11-13-7-5-4-6-12(13)2/h4-10H,3,11H2,1-2H3. The molecule has 0 radical (unpaired) electrons. The van der Waals surface area contributed by atoms with Gasteiger partial charge in [-0.15, -0.1) is 0 Å². The van der Waals surface area contributed by atoms with E-state index >= 15 is 0 Å².